The van der Waals surface area contributed by atoms with Crippen LogP contribution >= 0.6 is 15.9 Å². The minimum Gasteiger partial charge on any atom is -0.397 e. The first kappa shape index (κ1) is 11.3. The average Bonchev–Trinajstić information content (AvgIpc) is 2.61. The lowest BCUT2D eigenvalue weighted by molar-refractivity contribution is 0.604. The highest BCUT2D eigenvalue weighted by molar-refractivity contribution is 9.10. The van der Waals surface area contributed by atoms with Gasteiger partial charge in [-0.2, -0.15) is 0 Å². The van der Waals surface area contributed by atoms with Gasteiger partial charge in [0.1, 0.15) is 0 Å². The first-order chi connectivity index (χ1) is 7.59. The summed E-state index contributed by atoms with van der Waals surface area (Å²) in [5.74, 6) is 0. The van der Waals surface area contributed by atoms with Crippen LogP contribution in [0.5, 0.6) is 0 Å². The number of nitrogens with zero attached hydrogens (tertiary/aromatic N) is 1. The molecule has 2 aromatic rings. The highest BCUT2D eigenvalue weighted by atomic mass is 79.9. The van der Waals surface area contributed by atoms with E-state index in [4.69, 9.17) is 5.73 Å². The second-order valence-corrected chi connectivity index (χ2v) is 5.00. The number of hydrogen-bond acceptors (Lipinski definition) is 1. The molecule has 1 aromatic carbocycles. The van der Waals surface area contributed by atoms with Crippen LogP contribution in [-0.2, 0) is 0 Å². The standard InChI is InChI=1S/C13H15BrN2/c1-9(2)16-7-11(13(15)8-16)10-5-3-4-6-12(10)14/h3-9H,15H2,1-2H3. The molecule has 2 rings (SSSR count). The van der Waals surface area contributed by atoms with E-state index in [1.54, 1.807) is 0 Å². The summed E-state index contributed by atoms with van der Waals surface area (Å²) in [5.41, 5.74) is 9.08. The van der Waals surface area contributed by atoms with Crippen LogP contribution in [0, 0.1) is 0 Å². The maximum Gasteiger partial charge on any atom is 0.0574 e. The van der Waals surface area contributed by atoms with E-state index < -0.39 is 0 Å². The Labute approximate surface area is 104 Å². The molecule has 0 bridgehead atoms. The molecular formula is C13H15BrN2. The molecule has 84 valence electrons. The van der Waals surface area contributed by atoms with Gasteiger partial charge in [-0.15, -0.1) is 0 Å². The molecule has 0 saturated heterocycles. The average molecular weight is 279 g/mol. The van der Waals surface area contributed by atoms with Gasteiger partial charge in [0.05, 0.1) is 5.69 Å². The van der Waals surface area contributed by atoms with Crippen molar-refractivity contribution in [1.82, 2.24) is 4.57 Å². The zero-order valence-electron chi connectivity index (χ0n) is 9.44. The van der Waals surface area contributed by atoms with E-state index in [-0.39, 0.29) is 0 Å². The van der Waals surface area contributed by atoms with Crippen LogP contribution in [0.4, 0.5) is 5.69 Å². The van der Waals surface area contributed by atoms with E-state index >= 15 is 0 Å². The van der Waals surface area contributed by atoms with Gasteiger partial charge in [-0.05, 0) is 25.5 Å². The van der Waals surface area contributed by atoms with Gasteiger partial charge in [0.25, 0.3) is 0 Å². The number of nitrogens with two attached hydrogens (primary N) is 1. The van der Waals surface area contributed by atoms with Crippen molar-refractivity contribution in [3.8, 4) is 11.1 Å². The summed E-state index contributed by atoms with van der Waals surface area (Å²) in [4.78, 5) is 0. The minimum atomic E-state index is 0.429. The number of rotatable bonds is 2. The van der Waals surface area contributed by atoms with Crippen LogP contribution in [0.2, 0.25) is 0 Å². The van der Waals surface area contributed by atoms with Crippen LogP contribution < -0.4 is 5.73 Å². The fourth-order valence-electron chi connectivity index (χ4n) is 1.69. The molecule has 0 amide bonds. The molecule has 0 fully saturated rings. The molecule has 0 aliphatic heterocycles. The maximum absolute atomic E-state index is 6.04. The van der Waals surface area contributed by atoms with Crippen LogP contribution in [0.15, 0.2) is 41.1 Å². The Morgan fingerprint density at radius 1 is 1.12 bits per heavy atom. The maximum atomic E-state index is 6.04. The van der Waals surface area contributed by atoms with Crippen molar-refractivity contribution in [1.29, 1.82) is 0 Å². The number of aromatic nitrogens is 1. The Morgan fingerprint density at radius 2 is 1.81 bits per heavy atom. The molecule has 0 aliphatic carbocycles. The molecule has 0 spiro atoms. The molecule has 0 aliphatic rings. The third kappa shape index (κ3) is 2.00. The second-order valence-electron chi connectivity index (χ2n) is 4.15. The molecular weight excluding hydrogens is 264 g/mol. The van der Waals surface area contributed by atoms with E-state index in [1.807, 2.05) is 24.4 Å². The molecule has 0 radical (unpaired) electrons. The monoisotopic (exact) mass is 278 g/mol. The first-order valence-corrected chi connectivity index (χ1v) is 6.10. The van der Waals surface area contributed by atoms with Crippen LogP contribution in [0.3, 0.4) is 0 Å². The number of hydrogen-bond donors (Lipinski definition) is 1. The first-order valence-electron chi connectivity index (χ1n) is 5.31. The van der Waals surface area contributed by atoms with Crippen molar-refractivity contribution in [2.24, 2.45) is 0 Å². The molecule has 0 unspecified atom stereocenters. The number of anilines is 1. The summed E-state index contributed by atoms with van der Waals surface area (Å²) in [7, 11) is 0. The third-order valence-electron chi connectivity index (χ3n) is 2.64. The molecule has 0 saturated carbocycles. The fraction of sp³-hybridized carbons (Fsp3) is 0.231. The van der Waals surface area contributed by atoms with Crippen molar-refractivity contribution in [3.63, 3.8) is 0 Å². The molecule has 3 heteroatoms. The highest BCUT2D eigenvalue weighted by Crippen LogP contribution is 2.33. The predicted molar refractivity (Wildman–Crippen MR) is 72.4 cm³/mol. The Morgan fingerprint density at radius 3 is 2.38 bits per heavy atom. The van der Waals surface area contributed by atoms with Crippen molar-refractivity contribution >= 4 is 21.6 Å². The largest absolute Gasteiger partial charge is 0.397 e. The molecule has 16 heavy (non-hydrogen) atoms. The van der Waals surface area contributed by atoms with Gasteiger partial charge < -0.3 is 10.3 Å². The van der Waals surface area contributed by atoms with E-state index in [1.165, 1.54) is 0 Å². The zero-order valence-corrected chi connectivity index (χ0v) is 11.0. The lowest BCUT2D eigenvalue weighted by Crippen LogP contribution is -1.95. The minimum absolute atomic E-state index is 0.429. The molecule has 1 heterocycles. The molecule has 0 atom stereocenters. The lowest BCUT2D eigenvalue weighted by atomic mass is 10.1. The highest BCUT2D eigenvalue weighted by Gasteiger charge is 2.10. The van der Waals surface area contributed by atoms with Gasteiger partial charge >= 0.3 is 0 Å². The third-order valence-corrected chi connectivity index (χ3v) is 3.33. The summed E-state index contributed by atoms with van der Waals surface area (Å²) in [5, 5.41) is 0. The van der Waals surface area contributed by atoms with Gasteiger partial charge in [-0.1, -0.05) is 34.1 Å². The summed E-state index contributed by atoms with van der Waals surface area (Å²) in [6.45, 7) is 4.28. The lowest BCUT2D eigenvalue weighted by Gasteiger charge is -2.05. The van der Waals surface area contributed by atoms with Gasteiger partial charge in [0.15, 0.2) is 0 Å². The Balaban J connectivity index is 2.52. The van der Waals surface area contributed by atoms with E-state index in [9.17, 15) is 0 Å². The van der Waals surface area contributed by atoms with E-state index in [0.29, 0.717) is 6.04 Å². The smallest absolute Gasteiger partial charge is 0.0574 e. The summed E-state index contributed by atoms with van der Waals surface area (Å²) in [6.07, 6.45) is 4.08. The van der Waals surface area contributed by atoms with E-state index in [0.717, 1.165) is 21.3 Å². The Kier molecular flexibility index (Phi) is 3.06. The van der Waals surface area contributed by atoms with Gasteiger partial charge in [0.2, 0.25) is 0 Å². The summed E-state index contributed by atoms with van der Waals surface area (Å²) >= 11 is 3.55. The van der Waals surface area contributed by atoms with Gasteiger partial charge in [-0.3, -0.25) is 0 Å². The van der Waals surface area contributed by atoms with Crippen LogP contribution in [0.25, 0.3) is 11.1 Å². The number of nitrogen functional groups attached to an aromatic ring is 1. The molecule has 2 N–H and O–H groups in total. The van der Waals surface area contributed by atoms with Crippen molar-refractivity contribution < 1.29 is 0 Å². The quantitative estimate of drug-likeness (QED) is 0.882. The van der Waals surface area contributed by atoms with Crippen molar-refractivity contribution in [2.45, 2.75) is 19.9 Å². The van der Waals surface area contributed by atoms with Gasteiger partial charge in [0, 0.05) is 28.5 Å². The number of halogens is 1. The van der Waals surface area contributed by atoms with Crippen molar-refractivity contribution in [2.75, 3.05) is 5.73 Å². The summed E-state index contributed by atoms with van der Waals surface area (Å²) in [6, 6.07) is 8.55. The zero-order chi connectivity index (χ0) is 11.7. The van der Waals surface area contributed by atoms with Crippen LogP contribution in [-0.4, -0.2) is 4.57 Å². The molecule has 1 aromatic heterocycles. The van der Waals surface area contributed by atoms with Crippen molar-refractivity contribution in [3.05, 3.63) is 41.1 Å². The Hall–Kier alpha value is -1.22. The molecule has 2 nitrogen and oxygen atoms in total. The van der Waals surface area contributed by atoms with E-state index in [2.05, 4.69) is 46.6 Å². The summed E-state index contributed by atoms with van der Waals surface area (Å²) < 4.78 is 3.20. The Bertz CT molecular complexity index is 500. The van der Waals surface area contributed by atoms with Crippen LogP contribution in [0.1, 0.15) is 19.9 Å². The SMILES string of the molecule is CC(C)n1cc(N)c(-c2ccccc2Br)c1. The predicted octanol–water partition coefficient (Wildman–Crippen LogP) is 4.08. The van der Waals surface area contributed by atoms with Gasteiger partial charge in [-0.25, -0.2) is 0 Å². The number of benzene rings is 1. The fourth-order valence-corrected chi connectivity index (χ4v) is 2.19. The second kappa shape index (κ2) is 4.34. The normalized spacial score (nSPS) is 11.0. The topological polar surface area (TPSA) is 30.9 Å².